The fourth-order valence-corrected chi connectivity index (χ4v) is 11.7. The molecule has 1 saturated carbocycles. The van der Waals surface area contributed by atoms with Gasteiger partial charge in [-0.15, -0.1) is 11.3 Å². The number of phenolic OH excluding ortho intramolecular Hbond substituents is 1. The molecule has 1 N–H and O–H groups in total. The lowest BCUT2D eigenvalue weighted by Crippen LogP contribution is -2.51. The topological polar surface area (TPSA) is 122 Å². The van der Waals surface area contributed by atoms with Crippen LogP contribution in [0, 0.1) is 48.9 Å². The van der Waals surface area contributed by atoms with Gasteiger partial charge >= 0.3 is 0 Å². The highest BCUT2D eigenvalue weighted by Crippen LogP contribution is 2.63. The summed E-state index contributed by atoms with van der Waals surface area (Å²) in [7, 11) is 1.73. The Morgan fingerprint density at radius 1 is 0.930 bits per heavy atom. The maximum absolute atomic E-state index is 15.3. The third-order valence-corrected chi connectivity index (χ3v) is 15.0. The summed E-state index contributed by atoms with van der Waals surface area (Å²) in [5.41, 5.74) is 3.94. The van der Waals surface area contributed by atoms with Crippen LogP contribution in [-0.2, 0) is 32.6 Å². The molecule has 0 spiro atoms. The molecule has 10 nitrogen and oxygen atoms in total. The fraction of sp³-hybridized carbons (Fsp3) is 0.295. The number of carbonyl (C=O) groups is 4. The summed E-state index contributed by atoms with van der Waals surface area (Å²) in [4.78, 5) is 62.4. The molecule has 3 aliphatic heterocycles. The predicted octanol–water partition coefficient (Wildman–Crippen LogP) is 8.72. The van der Waals surface area contributed by atoms with Crippen molar-refractivity contribution in [3.63, 3.8) is 0 Å². The van der Waals surface area contributed by atoms with E-state index in [-0.39, 0.29) is 35.8 Å². The third kappa shape index (κ3) is 5.11. The van der Waals surface area contributed by atoms with Gasteiger partial charge in [0.15, 0.2) is 0 Å². The van der Waals surface area contributed by atoms with E-state index in [1.54, 1.807) is 71.8 Å². The summed E-state index contributed by atoms with van der Waals surface area (Å²) in [5.74, 6) is -3.73. The van der Waals surface area contributed by atoms with Crippen LogP contribution >= 0.6 is 34.5 Å². The zero-order chi connectivity index (χ0) is 39.8. The number of anilines is 2. The minimum absolute atomic E-state index is 0.0811. The van der Waals surface area contributed by atoms with Crippen LogP contribution in [0.2, 0.25) is 10.0 Å². The Balaban J connectivity index is 1.08. The second-order valence-electron chi connectivity index (χ2n) is 16.1. The van der Waals surface area contributed by atoms with Crippen molar-refractivity contribution in [3.05, 3.63) is 111 Å². The molecule has 288 valence electrons. The fourth-order valence-electron chi connectivity index (χ4n) is 10.3. The van der Waals surface area contributed by atoms with Crippen molar-refractivity contribution in [1.82, 2.24) is 9.78 Å². The molecule has 6 atom stereocenters. The number of hydrogen-bond donors (Lipinski definition) is 1. The molecule has 2 saturated heterocycles. The molecule has 0 unspecified atom stereocenters. The van der Waals surface area contributed by atoms with Crippen LogP contribution in [-0.4, -0.2) is 38.5 Å². The molecule has 2 aliphatic carbocycles. The molecule has 3 aromatic carbocycles. The first-order valence-electron chi connectivity index (χ1n) is 18.9. The van der Waals surface area contributed by atoms with E-state index in [1.807, 2.05) is 45.0 Å². The number of halogens is 2. The quantitative estimate of drug-likeness (QED) is 0.142. The largest absolute Gasteiger partial charge is 0.508 e. The Kier molecular flexibility index (Phi) is 8.01. The van der Waals surface area contributed by atoms with Gasteiger partial charge in [-0.3, -0.25) is 23.9 Å². The van der Waals surface area contributed by atoms with Gasteiger partial charge < -0.3 is 9.84 Å². The molecule has 5 aromatic rings. The molecular formula is C44H36Cl2N4O6S. The van der Waals surface area contributed by atoms with Gasteiger partial charge in [-0.25, -0.2) is 9.80 Å². The minimum Gasteiger partial charge on any atom is -0.508 e. The van der Waals surface area contributed by atoms with Crippen molar-refractivity contribution in [2.75, 3.05) is 9.80 Å². The summed E-state index contributed by atoms with van der Waals surface area (Å²) in [6, 6.07) is 17.6. The van der Waals surface area contributed by atoms with E-state index < -0.39 is 35.0 Å². The number of phenols is 1. The van der Waals surface area contributed by atoms with Crippen LogP contribution in [0.5, 0.6) is 11.5 Å². The first-order valence-corrected chi connectivity index (χ1v) is 20.5. The molecule has 3 fully saturated rings. The Bertz CT molecular complexity index is 2730. The van der Waals surface area contributed by atoms with Gasteiger partial charge in [-0.2, -0.15) is 5.10 Å². The molecule has 13 heteroatoms. The zero-order valence-electron chi connectivity index (χ0n) is 31.4. The van der Waals surface area contributed by atoms with E-state index in [4.69, 9.17) is 33.0 Å². The Morgan fingerprint density at radius 3 is 2.53 bits per heavy atom. The second kappa shape index (κ2) is 12.6. The van der Waals surface area contributed by atoms with Gasteiger partial charge in [0.2, 0.25) is 23.6 Å². The van der Waals surface area contributed by atoms with Crippen molar-refractivity contribution in [3.8, 4) is 22.1 Å². The number of hydrogen-bond acceptors (Lipinski definition) is 8. The lowest BCUT2D eigenvalue weighted by atomic mass is 9.51. The van der Waals surface area contributed by atoms with Crippen LogP contribution in [0.25, 0.3) is 20.7 Å². The van der Waals surface area contributed by atoms with Crippen LogP contribution in [0.4, 0.5) is 11.5 Å². The number of amides is 4. The SMILES string of the molecule is Cc1ccc(N2C(=O)[C@H]3[C@H](CC=C4[C@H](C5=COc6ccc(O)cc6C5)[C@]5(C)C(=O)N(c6cc(-c7sc8ccc(Cl)cc8c7C)nn6C)C(=O)[C@@H]5C[C@H]43)C2=O)cc1Cl. The molecule has 10 rings (SSSR count). The van der Waals surface area contributed by atoms with Crippen LogP contribution in [0.15, 0.2) is 84.1 Å². The van der Waals surface area contributed by atoms with Crippen LogP contribution < -0.4 is 14.5 Å². The van der Waals surface area contributed by atoms with E-state index in [1.165, 1.54) is 9.80 Å². The predicted molar refractivity (Wildman–Crippen MR) is 218 cm³/mol. The molecule has 2 aromatic heterocycles. The Labute approximate surface area is 341 Å². The lowest BCUT2D eigenvalue weighted by molar-refractivity contribution is -0.132. The number of imide groups is 2. The van der Waals surface area contributed by atoms with Gasteiger partial charge in [0.05, 0.1) is 40.0 Å². The first kappa shape index (κ1) is 36.1. The number of rotatable bonds is 4. The number of aromatic nitrogens is 2. The van der Waals surface area contributed by atoms with Crippen LogP contribution in [0.3, 0.4) is 0 Å². The summed E-state index contributed by atoms with van der Waals surface area (Å²) < 4.78 is 8.77. The van der Waals surface area contributed by atoms with Crippen LogP contribution in [0.1, 0.15) is 36.5 Å². The van der Waals surface area contributed by atoms with Gasteiger partial charge in [-0.1, -0.05) is 40.9 Å². The molecule has 5 heterocycles. The van der Waals surface area contributed by atoms with Gasteiger partial charge in [0, 0.05) is 45.8 Å². The van der Waals surface area contributed by atoms with Gasteiger partial charge in [0.25, 0.3) is 0 Å². The summed E-state index contributed by atoms with van der Waals surface area (Å²) in [6.07, 6.45) is 4.53. The zero-order valence-corrected chi connectivity index (χ0v) is 33.7. The standard InChI is InChI=1S/C44H36Cl2N4O6S/c1-20-5-7-25(16-32(20)46)49-40(52)28-10-9-27-30(37(28)42(49)54)17-31-41(53)50(36-18-33(47-48(36)4)39-21(2)29-15-24(45)6-12-35(29)57-39)43(55)44(31,3)38(27)23-13-22-14-26(51)8-11-34(22)56-19-23/h5-9,11-12,14-16,18-19,28,30-31,37-38,51H,10,13,17H2,1-4H3/t28-,30+,31-,37-,38-,44+/m0/s1. The number of nitrogens with zero attached hydrogens (tertiary/aromatic N) is 4. The smallest absolute Gasteiger partial charge is 0.242 e. The summed E-state index contributed by atoms with van der Waals surface area (Å²) >= 11 is 14.4. The lowest BCUT2D eigenvalue weighted by Gasteiger charge is -2.49. The number of carbonyl (C=O) groups excluding carboxylic acids is 4. The summed E-state index contributed by atoms with van der Waals surface area (Å²) in [6.45, 7) is 5.72. The van der Waals surface area contributed by atoms with E-state index in [9.17, 15) is 14.7 Å². The number of ether oxygens (including phenoxy) is 1. The van der Waals surface area contributed by atoms with Gasteiger partial charge in [-0.05, 0) is 110 Å². The molecular weight excluding hydrogens is 783 g/mol. The second-order valence-corrected chi connectivity index (χ2v) is 18.0. The average molecular weight is 820 g/mol. The number of benzene rings is 3. The number of allylic oxidation sites excluding steroid dienone is 3. The minimum atomic E-state index is -1.28. The molecule has 4 amide bonds. The maximum atomic E-state index is 15.3. The molecule has 0 radical (unpaired) electrons. The highest BCUT2D eigenvalue weighted by atomic mass is 35.5. The Morgan fingerprint density at radius 2 is 1.74 bits per heavy atom. The van der Waals surface area contributed by atoms with E-state index in [2.05, 4.69) is 0 Å². The van der Waals surface area contributed by atoms with Crippen molar-refractivity contribution < 1.29 is 29.0 Å². The number of aryl methyl sites for hydroxylation is 3. The third-order valence-electron chi connectivity index (χ3n) is 13.1. The van der Waals surface area contributed by atoms with Crippen molar-refractivity contribution in [1.29, 1.82) is 0 Å². The molecule has 5 aliphatic rings. The van der Waals surface area contributed by atoms with E-state index in [0.717, 1.165) is 42.8 Å². The molecule has 0 bridgehead atoms. The first-order chi connectivity index (χ1) is 27.3. The highest BCUT2D eigenvalue weighted by Gasteiger charge is 2.68. The van der Waals surface area contributed by atoms with E-state index >= 15 is 9.59 Å². The van der Waals surface area contributed by atoms with Gasteiger partial charge in [0.1, 0.15) is 23.0 Å². The van der Waals surface area contributed by atoms with E-state index in [0.29, 0.717) is 45.8 Å². The maximum Gasteiger partial charge on any atom is 0.242 e. The molecule has 57 heavy (non-hydrogen) atoms. The summed E-state index contributed by atoms with van der Waals surface area (Å²) in [5, 5.41) is 17.3. The normalized spacial score (nSPS) is 26.6. The number of fused-ring (bicyclic) bond motifs is 6. The van der Waals surface area contributed by atoms with Crippen molar-refractivity contribution in [2.24, 2.45) is 42.1 Å². The number of thiophene rings is 1. The number of aromatic hydroxyl groups is 1. The van der Waals surface area contributed by atoms with Crippen molar-refractivity contribution >= 4 is 79.8 Å². The average Bonchev–Trinajstić information content (AvgIpc) is 3.85. The monoisotopic (exact) mass is 818 g/mol. The van der Waals surface area contributed by atoms with Crippen molar-refractivity contribution in [2.45, 2.75) is 40.0 Å². The highest BCUT2D eigenvalue weighted by molar-refractivity contribution is 7.22. The Hall–Kier alpha value is -5.23.